The van der Waals surface area contributed by atoms with Gasteiger partial charge >= 0.3 is 0 Å². The molecule has 0 saturated carbocycles. The number of rotatable bonds is 2. The van der Waals surface area contributed by atoms with Crippen molar-refractivity contribution in [2.24, 2.45) is 0 Å². The molecule has 0 bridgehead atoms. The van der Waals surface area contributed by atoms with Crippen LogP contribution in [0.4, 0.5) is 0 Å². The Morgan fingerprint density at radius 2 is 2.12 bits per heavy atom. The Kier molecular flexibility index (Phi) is 4.48. The van der Waals surface area contributed by atoms with Gasteiger partial charge in [-0.25, -0.2) is 0 Å². The molecule has 1 saturated heterocycles. The maximum atomic E-state index is 13.3. The van der Waals surface area contributed by atoms with Crippen LogP contribution in [0.2, 0.25) is 0 Å². The number of nitrogens with zero attached hydrogens (tertiary/aromatic N) is 1. The van der Waals surface area contributed by atoms with Gasteiger partial charge in [-0.3, -0.25) is 9.59 Å². The molecule has 2 aliphatic heterocycles. The first kappa shape index (κ1) is 16.5. The predicted octanol–water partition coefficient (Wildman–Crippen LogP) is 2.57. The highest BCUT2D eigenvalue weighted by Crippen LogP contribution is 2.43. The molecule has 3 aliphatic rings. The molecule has 0 aromatic carbocycles. The van der Waals surface area contributed by atoms with Gasteiger partial charge in [-0.2, -0.15) is 11.3 Å². The van der Waals surface area contributed by atoms with Gasteiger partial charge in [0, 0.05) is 48.0 Å². The molecule has 1 fully saturated rings. The Bertz CT molecular complexity index is 758. The quantitative estimate of drug-likeness (QED) is 0.883. The zero-order chi connectivity index (χ0) is 17.4. The van der Waals surface area contributed by atoms with E-state index in [4.69, 9.17) is 4.74 Å². The van der Waals surface area contributed by atoms with Gasteiger partial charge in [-0.05, 0) is 42.2 Å². The van der Waals surface area contributed by atoms with E-state index in [0.717, 1.165) is 35.4 Å². The van der Waals surface area contributed by atoms with Crippen LogP contribution >= 0.6 is 11.3 Å². The summed E-state index contributed by atoms with van der Waals surface area (Å²) in [5.74, 6) is -0.0511. The maximum Gasteiger partial charge on any atom is 0.252 e. The maximum absolute atomic E-state index is 13.3. The van der Waals surface area contributed by atoms with Crippen LogP contribution in [0.3, 0.4) is 0 Å². The number of nitrogens with one attached hydrogen (secondary N) is 1. The molecule has 25 heavy (non-hydrogen) atoms. The van der Waals surface area contributed by atoms with Crippen LogP contribution in [0.15, 0.2) is 39.4 Å². The number of carbonyl (C=O) groups is 2. The molecule has 1 atom stereocenters. The highest BCUT2D eigenvalue weighted by molar-refractivity contribution is 7.08. The van der Waals surface area contributed by atoms with Crippen molar-refractivity contribution < 1.29 is 14.3 Å². The minimum atomic E-state index is -0.245. The summed E-state index contributed by atoms with van der Waals surface area (Å²) in [5.41, 5.74) is 4.44. The van der Waals surface area contributed by atoms with E-state index < -0.39 is 0 Å². The zero-order valence-corrected chi connectivity index (χ0v) is 15.2. The second-order valence-electron chi connectivity index (χ2n) is 6.73. The lowest BCUT2D eigenvalue weighted by molar-refractivity contribution is -0.131. The molecule has 1 amide bonds. The number of ether oxygens (including phenoxy) is 1. The first-order valence-corrected chi connectivity index (χ1v) is 9.74. The van der Waals surface area contributed by atoms with Crippen molar-refractivity contribution in [1.29, 1.82) is 0 Å². The fourth-order valence-corrected chi connectivity index (χ4v) is 4.66. The lowest BCUT2D eigenvalue weighted by Crippen LogP contribution is -2.44. The second kappa shape index (κ2) is 6.77. The molecule has 3 heterocycles. The molecule has 1 N–H and O–H groups in total. The fraction of sp³-hybridized carbons (Fsp3) is 0.474. The van der Waals surface area contributed by atoms with Crippen LogP contribution in [0.25, 0.3) is 0 Å². The second-order valence-corrected chi connectivity index (χ2v) is 7.51. The summed E-state index contributed by atoms with van der Waals surface area (Å²) in [7, 11) is 0. The summed E-state index contributed by atoms with van der Waals surface area (Å²) in [5, 5.41) is 7.44. The molecule has 6 heteroatoms. The number of hydrogen-bond donors (Lipinski definition) is 1. The van der Waals surface area contributed by atoms with Crippen molar-refractivity contribution in [3.63, 3.8) is 0 Å². The number of Topliss-reactive ketones (excluding diaryl/α,β-unsaturated/α-hetero) is 1. The normalized spacial score (nSPS) is 24.3. The third-order valence-corrected chi connectivity index (χ3v) is 5.88. The highest BCUT2D eigenvalue weighted by Gasteiger charge is 2.39. The van der Waals surface area contributed by atoms with Crippen molar-refractivity contribution in [1.82, 2.24) is 10.2 Å². The SMILES string of the molecule is CC1=C(C(=O)N2CCOCC2)[C@H](c2ccsc2)C2=C(CCCC2=O)N1. The Balaban J connectivity index is 1.78. The van der Waals surface area contributed by atoms with E-state index in [0.29, 0.717) is 38.3 Å². The first-order chi connectivity index (χ1) is 12.2. The average molecular weight is 358 g/mol. The molecule has 132 valence electrons. The Morgan fingerprint density at radius 1 is 1.32 bits per heavy atom. The third kappa shape index (κ3) is 2.93. The number of dihydropyridines is 1. The van der Waals surface area contributed by atoms with Crippen molar-refractivity contribution in [2.45, 2.75) is 32.1 Å². The van der Waals surface area contributed by atoms with Gasteiger partial charge in [0.05, 0.1) is 13.2 Å². The van der Waals surface area contributed by atoms with E-state index in [1.165, 1.54) is 0 Å². The van der Waals surface area contributed by atoms with Crippen molar-refractivity contribution >= 4 is 23.0 Å². The minimum absolute atomic E-state index is 0.0226. The third-order valence-electron chi connectivity index (χ3n) is 5.18. The van der Waals surface area contributed by atoms with Crippen molar-refractivity contribution in [3.05, 3.63) is 44.9 Å². The van der Waals surface area contributed by atoms with Crippen LogP contribution < -0.4 is 5.32 Å². The number of hydrogen-bond acceptors (Lipinski definition) is 5. The van der Waals surface area contributed by atoms with E-state index in [1.54, 1.807) is 11.3 Å². The number of carbonyl (C=O) groups excluding carboxylic acids is 2. The molecule has 1 aromatic heterocycles. The summed E-state index contributed by atoms with van der Waals surface area (Å²) in [6, 6.07) is 2.03. The minimum Gasteiger partial charge on any atom is -0.378 e. The standard InChI is InChI=1S/C19H22N2O3S/c1-12-16(19(23)21-6-8-24-9-7-21)17(13-5-10-25-11-13)18-14(20-12)3-2-4-15(18)22/h5,10-11,17,20H,2-4,6-9H2,1H3/t17-/m0/s1. The lowest BCUT2D eigenvalue weighted by Gasteiger charge is -2.37. The highest BCUT2D eigenvalue weighted by atomic mass is 32.1. The molecule has 0 unspecified atom stereocenters. The molecule has 1 aliphatic carbocycles. The van der Waals surface area contributed by atoms with E-state index in [2.05, 4.69) is 10.7 Å². The summed E-state index contributed by atoms with van der Waals surface area (Å²) in [6.45, 7) is 4.30. The molecular weight excluding hydrogens is 336 g/mol. The van der Waals surface area contributed by atoms with Crippen LogP contribution in [-0.4, -0.2) is 42.9 Å². The van der Waals surface area contributed by atoms with Crippen LogP contribution in [0.1, 0.15) is 37.7 Å². The topological polar surface area (TPSA) is 58.6 Å². The van der Waals surface area contributed by atoms with Crippen LogP contribution in [0.5, 0.6) is 0 Å². The first-order valence-electron chi connectivity index (χ1n) is 8.80. The van der Waals surface area contributed by atoms with Gasteiger partial charge in [0.2, 0.25) is 0 Å². The van der Waals surface area contributed by atoms with Crippen LogP contribution in [0, 0.1) is 0 Å². The van der Waals surface area contributed by atoms with E-state index in [1.807, 2.05) is 23.3 Å². The van der Waals surface area contributed by atoms with Gasteiger partial charge in [-0.15, -0.1) is 0 Å². The van der Waals surface area contributed by atoms with Crippen LogP contribution in [-0.2, 0) is 14.3 Å². The number of morpholine rings is 1. The molecule has 0 radical (unpaired) electrons. The van der Waals surface area contributed by atoms with Crippen molar-refractivity contribution in [3.8, 4) is 0 Å². The molecule has 0 spiro atoms. The molecule has 4 rings (SSSR count). The fourth-order valence-electron chi connectivity index (χ4n) is 3.98. The van der Waals surface area contributed by atoms with Gasteiger partial charge < -0.3 is 15.0 Å². The van der Waals surface area contributed by atoms with Gasteiger partial charge in [0.1, 0.15) is 0 Å². The Morgan fingerprint density at radius 3 is 2.84 bits per heavy atom. The smallest absolute Gasteiger partial charge is 0.252 e. The summed E-state index contributed by atoms with van der Waals surface area (Å²) >= 11 is 1.60. The number of amides is 1. The lowest BCUT2D eigenvalue weighted by atomic mass is 9.75. The van der Waals surface area contributed by atoms with E-state index in [9.17, 15) is 9.59 Å². The summed E-state index contributed by atoms with van der Waals surface area (Å²) in [6.07, 6.45) is 2.32. The molecule has 5 nitrogen and oxygen atoms in total. The van der Waals surface area contributed by atoms with Gasteiger partial charge in [0.25, 0.3) is 5.91 Å². The summed E-state index contributed by atoms with van der Waals surface area (Å²) in [4.78, 5) is 27.9. The summed E-state index contributed by atoms with van der Waals surface area (Å²) < 4.78 is 5.38. The van der Waals surface area contributed by atoms with E-state index >= 15 is 0 Å². The monoisotopic (exact) mass is 358 g/mol. The van der Waals surface area contributed by atoms with Crippen molar-refractivity contribution in [2.75, 3.05) is 26.3 Å². The number of ketones is 1. The molecule has 1 aromatic rings. The number of allylic oxidation sites excluding steroid dienone is 3. The van der Waals surface area contributed by atoms with Gasteiger partial charge in [0.15, 0.2) is 5.78 Å². The average Bonchev–Trinajstić information content (AvgIpc) is 3.15. The van der Waals surface area contributed by atoms with E-state index in [-0.39, 0.29) is 17.6 Å². The van der Waals surface area contributed by atoms with Gasteiger partial charge in [-0.1, -0.05) is 0 Å². The Hall–Kier alpha value is -1.92. The predicted molar refractivity (Wildman–Crippen MR) is 96.2 cm³/mol. The Labute approximate surface area is 151 Å². The number of thiophene rings is 1. The largest absolute Gasteiger partial charge is 0.378 e. The zero-order valence-electron chi connectivity index (χ0n) is 14.3. The molecular formula is C19H22N2O3S.